The third-order valence-electron chi connectivity index (χ3n) is 3.98. The van der Waals surface area contributed by atoms with Gasteiger partial charge in [-0.25, -0.2) is 0 Å². The zero-order chi connectivity index (χ0) is 15.6. The van der Waals surface area contributed by atoms with Crippen LogP contribution in [-0.2, 0) is 0 Å². The molecule has 0 aliphatic carbocycles. The summed E-state index contributed by atoms with van der Waals surface area (Å²) in [6.45, 7) is 3.75. The summed E-state index contributed by atoms with van der Waals surface area (Å²) in [7, 11) is 2.13. The Morgan fingerprint density at radius 2 is 1.48 bits per heavy atom. The van der Waals surface area contributed by atoms with Crippen molar-refractivity contribution in [2.45, 2.75) is 6.02 Å². The van der Waals surface area contributed by atoms with Crippen LogP contribution >= 0.6 is 11.6 Å². The molecular formula is C18H21ClN2. The molecule has 3 heteroatoms. The Hall–Kier alpha value is -1.35. The monoisotopic (exact) mass is 301 g/mol. The second kappa shape index (κ2) is 6.61. The van der Waals surface area contributed by atoms with Crippen LogP contribution in [-0.4, -0.2) is 43.0 Å². The lowest BCUT2D eigenvalue weighted by atomic mass is 9.96. The Balaban J connectivity index is 2.04. The van der Waals surface area contributed by atoms with E-state index in [2.05, 4.69) is 16.8 Å². The predicted octanol–water partition coefficient (Wildman–Crippen LogP) is 3.68. The quantitative estimate of drug-likeness (QED) is 0.853. The molecule has 2 nitrogen and oxygen atoms in total. The first-order valence-electron chi connectivity index (χ1n) is 7.86. The standard InChI is InChI=1S/C18H21ClN2/c1-20-11-13-21(14-12-20)18(15-5-3-2-4-6-15)16-7-9-17(19)10-8-16/h2-10,18H,11-14H2,1H3/i18D. The first-order chi connectivity index (χ1) is 10.6. The summed E-state index contributed by atoms with van der Waals surface area (Å²) in [5.41, 5.74) is 1.97. The van der Waals surface area contributed by atoms with Crippen molar-refractivity contribution in [2.75, 3.05) is 33.2 Å². The lowest BCUT2D eigenvalue weighted by Crippen LogP contribution is -2.46. The molecule has 0 saturated carbocycles. The van der Waals surface area contributed by atoms with Crippen LogP contribution in [0, 0.1) is 0 Å². The van der Waals surface area contributed by atoms with Crippen LogP contribution in [0.1, 0.15) is 18.5 Å². The van der Waals surface area contributed by atoms with E-state index in [-0.39, 0.29) is 0 Å². The molecule has 1 fully saturated rings. The smallest absolute Gasteiger partial charge is 0.0602 e. The van der Waals surface area contributed by atoms with Crippen molar-refractivity contribution in [2.24, 2.45) is 0 Å². The number of hydrogen-bond donors (Lipinski definition) is 0. The molecule has 1 saturated heterocycles. The first kappa shape index (κ1) is 13.3. The van der Waals surface area contributed by atoms with E-state index < -0.39 is 6.02 Å². The molecule has 1 aliphatic heterocycles. The van der Waals surface area contributed by atoms with Gasteiger partial charge in [-0.15, -0.1) is 0 Å². The maximum absolute atomic E-state index is 9.30. The second-order valence-electron chi connectivity index (χ2n) is 5.51. The van der Waals surface area contributed by atoms with Gasteiger partial charge in [-0.2, -0.15) is 0 Å². The largest absolute Gasteiger partial charge is 0.304 e. The highest BCUT2D eigenvalue weighted by Crippen LogP contribution is 2.30. The predicted molar refractivity (Wildman–Crippen MR) is 88.8 cm³/mol. The zero-order valence-electron chi connectivity index (χ0n) is 13.3. The molecule has 1 aliphatic rings. The fourth-order valence-electron chi connectivity index (χ4n) is 2.77. The van der Waals surface area contributed by atoms with Crippen molar-refractivity contribution in [3.8, 4) is 0 Å². The minimum atomic E-state index is -0.868. The van der Waals surface area contributed by atoms with Gasteiger partial charge >= 0.3 is 0 Å². The molecule has 2 aromatic rings. The topological polar surface area (TPSA) is 6.48 Å². The highest BCUT2D eigenvalue weighted by Gasteiger charge is 2.25. The molecule has 0 spiro atoms. The number of halogens is 1. The molecule has 0 bridgehead atoms. The minimum absolute atomic E-state index is 0.706. The lowest BCUT2D eigenvalue weighted by molar-refractivity contribution is 0.127. The summed E-state index contributed by atoms with van der Waals surface area (Å²) >= 11 is 6.03. The van der Waals surface area contributed by atoms with Crippen LogP contribution in [0.15, 0.2) is 54.6 Å². The number of piperazine rings is 1. The molecular weight excluding hydrogens is 280 g/mol. The number of rotatable bonds is 3. The van der Waals surface area contributed by atoms with E-state index in [4.69, 9.17) is 11.6 Å². The molecule has 2 aromatic carbocycles. The van der Waals surface area contributed by atoms with Crippen molar-refractivity contribution < 1.29 is 1.37 Å². The Morgan fingerprint density at radius 3 is 2.10 bits per heavy atom. The van der Waals surface area contributed by atoms with Gasteiger partial charge in [0.1, 0.15) is 0 Å². The van der Waals surface area contributed by atoms with Crippen molar-refractivity contribution in [1.82, 2.24) is 9.80 Å². The van der Waals surface area contributed by atoms with Gasteiger partial charge in [0.15, 0.2) is 0 Å². The van der Waals surface area contributed by atoms with Crippen molar-refractivity contribution in [1.29, 1.82) is 0 Å². The molecule has 110 valence electrons. The fraction of sp³-hybridized carbons (Fsp3) is 0.333. The highest BCUT2D eigenvalue weighted by atomic mass is 35.5. The zero-order valence-corrected chi connectivity index (χ0v) is 13.1. The van der Waals surface area contributed by atoms with Gasteiger partial charge in [0.25, 0.3) is 0 Å². The van der Waals surface area contributed by atoms with Gasteiger partial charge in [0.05, 0.1) is 7.39 Å². The minimum Gasteiger partial charge on any atom is -0.304 e. The number of hydrogen-bond acceptors (Lipinski definition) is 2. The molecule has 0 aromatic heterocycles. The highest BCUT2D eigenvalue weighted by molar-refractivity contribution is 6.30. The van der Waals surface area contributed by atoms with Crippen LogP contribution in [0.25, 0.3) is 0 Å². The number of likely N-dealkylation sites (N-methyl/N-ethyl adjacent to an activating group) is 1. The van der Waals surface area contributed by atoms with Gasteiger partial charge in [-0.05, 0) is 30.3 Å². The van der Waals surface area contributed by atoms with E-state index in [0.29, 0.717) is 5.02 Å². The van der Waals surface area contributed by atoms with E-state index in [9.17, 15) is 1.37 Å². The Morgan fingerprint density at radius 1 is 0.905 bits per heavy atom. The number of benzene rings is 2. The molecule has 0 amide bonds. The Bertz CT molecular complexity index is 609. The van der Waals surface area contributed by atoms with E-state index in [1.54, 1.807) is 0 Å². The van der Waals surface area contributed by atoms with E-state index in [0.717, 1.165) is 37.3 Å². The van der Waals surface area contributed by atoms with E-state index >= 15 is 0 Å². The van der Waals surface area contributed by atoms with E-state index in [1.165, 1.54) is 0 Å². The van der Waals surface area contributed by atoms with Crippen molar-refractivity contribution in [3.05, 3.63) is 70.7 Å². The van der Waals surface area contributed by atoms with Crippen molar-refractivity contribution in [3.63, 3.8) is 0 Å². The molecule has 1 heterocycles. The Kier molecular flexibility index (Phi) is 4.19. The van der Waals surface area contributed by atoms with Crippen LogP contribution in [0.3, 0.4) is 0 Å². The second-order valence-corrected chi connectivity index (χ2v) is 5.95. The molecule has 1 atom stereocenters. The summed E-state index contributed by atoms with van der Waals surface area (Å²) in [6.07, 6.45) is 0. The SMILES string of the molecule is [2H]C(c1ccccc1)(c1ccc(Cl)cc1)N1CCN(C)CC1. The molecule has 1 unspecified atom stereocenters. The first-order valence-corrected chi connectivity index (χ1v) is 7.73. The van der Waals surface area contributed by atoms with Crippen LogP contribution in [0.4, 0.5) is 0 Å². The van der Waals surface area contributed by atoms with Gasteiger partial charge in [-0.1, -0.05) is 54.1 Å². The summed E-state index contributed by atoms with van der Waals surface area (Å²) in [5, 5.41) is 0.706. The molecule has 0 N–H and O–H groups in total. The van der Waals surface area contributed by atoms with Crippen LogP contribution < -0.4 is 0 Å². The molecule has 0 radical (unpaired) electrons. The average molecular weight is 302 g/mol. The van der Waals surface area contributed by atoms with Gasteiger partial charge in [-0.3, -0.25) is 4.90 Å². The van der Waals surface area contributed by atoms with Crippen LogP contribution in [0.5, 0.6) is 0 Å². The Labute approximate surface area is 133 Å². The maximum atomic E-state index is 9.30. The van der Waals surface area contributed by atoms with Crippen LogP contribution in [0.2, 0.25) is 5.02 Å². The van der Waals surface area contributed by atoms with Gasteiger partial charge < -0.3 is 4.90 Å². The van der Waals surface area contributed by atoms with E-state index in [1.807, 2.05) is 54.6 Å². The third-order valence-corrected chi connectivity index (χ3v) is 4.24. The fourth-order valence-corrected chi connectivity index (χ4v) is 2.89. The third kappa shape index (κ3) is 3.46. The van der Waals surface area contributed by atoms with Gasteiger partial charge in [0, 0.05) is 31.2 Å². The summed E-state index contributed by atoms with van der Waals surface area (Å²) in [5.74, 6) is 0. The molecule has 21 heavy (non-hydrogen) atoms. The summed E-state index contributed by atoms with van der Waals surface area (Å²) in [6, 6.07) is 16.9. The number of nitrogens with zero attached hydrogens (tertiary/aromatic N) is 2. The average Bonchev–Trinajstić information content (AvgIpc) is 2.56. The normalized spacial score (nSPS) is 20.8. The maximum Gasteiger partial charge on any atom is 0.0602 e. The van der Waals surface area contributed by atoms with Crippen molar-refractivity contribution >= 4 is 11.6 Å². The summed E-state index contributed by atoms with van der Waals surface area (Å²) in [4.78, 5) is 4.56. The van der Waals surface area contributed by atoms with Gasteiger partial charge in [0.2, 0.25) is 0 Å². The molecule has 3 rings (SSSR count). The summed E-state index contributed by atoms with van der Waals surface area (Å²) < 4.78 is 9.30. The lowest BCUT2D eigenvalue weighted by Gasteiger charge is -2.38.